The Morgan fingerprint density at radius 3 is 2.19 bits per heavy atom. The van der Waals surface area contributed by atoms with Crippen molar-refractivity contribution in [3.05, 3.63) is 24.3 Å². The number of piperazine rings is 1. The zero-order chi connectivity index (χ0) is 14.7. The first-order valence-corrected chi connectivity index (χ1v) is 8.55. The molecule has 0 bridgehead atoms. The summed E-state index contributed by atoms with van der Waals surface area (Å²) in [5.41, 5.74) is 3.02. The van der Waals surface area contributed by atoms with Crippen molar-refractivity contribution in [3.63, 3.8) is 0 Å². The van der Waals surface area contributed by atoms with Crippen molar-refractivity contribution in [1.29, 1.82) is 0 Å². The molecule has 3 heteroatoms. The van der Waals surface area contributed by atoms with Crippen LogP contribution in [0.1, 0.15) is 39.5 Å². The molecule has 21 heavy (non-hydrogen) atoms. The topological polar surface area (TPSA) is 18.5 Å². The van der Waals surface area contributed by atoms with E-state index >= 15 is 0 Å². The molecular formula is C18H29N3. The van der Waals surface area contributed by atoms with Gasteiger partial charge in [0.05, 0.1) is 0 Å². The van der Waals surface area contributed by atoms with Gasteiger partial charge in [-0.05, 0) is 56.9 Å². The van der Waals surface area contributed by atoms with Crippen molar-refractivity contribution >= 4 is 11.4 Å². The largest absolute Gasteiger partial charge is 0.372 e. The molecule has 0 radical (unpaired) electrons. The van der Waals surface area contributed by atoms with Gasteiger partial charge in [-0.15, -0.1) is 0 Å². The van der Waals surface area contributed by atoms with Crippen LogP contribution in [0, 0.1) is 0 Å². The molecule has 2 saturated heterocycles. The lowest BCUT2D eigenvalue weighted by Gasteiger charge is -2.42. The van der Waals surface area contributed by atoms with E-state index in [-0.39, 0.29) is 5.54 Å². The molecule has 0 aliphatic carbocycles. The van der Waals surface area contributed by atoms with Crippen LogP contribution in [0.3, 0.4) is 0 Å². The van der Waals surface area contributed by atoms with Crippen LogP contribution in [0.25, 0.3) is 0 Å². The van der Waals surface area contributed by atoms with Crippen molar-refractivity contribution in [2.45, 2.75) is 45.1 Å². The molecule has 2 heterocycles. The van der Waals surface area contributed by atoms with Gasteiger partial charge < -0.3 is 15.1 Å². The fourth-order valence-electron chi connectivity index (χ4n) is 3.53. The molecule has 1 aromatic rings. The minimum Gasteiger partial charge on any atom is -0.372 e. The third-order valence-corrected chi connectivity index (χ3v) is 5.19. The van der Waals surface area contributed by atoms with Gasteiger partial charge in [0.1, 0.15) is 0 Å². The second kappa shape index (κ2) is 6.27. The van der Waals surface area contributed by atoms with E-state index < -0.39 is 0 Å². The fourth-order valence-corrected chi connectivity index (χ4v) is 3.53. The standard InChI is InChI=1S/C18H29N3/c1-3-18(2)15-21(14-11-19-18)17-9-7-16(8-10-17)20-12-5-4-6-13-20/h7-10,19H,3-6,11-15H2,1-2H3. The molecule has 2 aliphatic heterocycles. The third kappa shape index (κ3) is 3.34. The van der Waals surface area contributed by atoms with E-state index in [0.29, 0.717) is 0 Å². The average molecular weight is 287 g/mol. The quantitative estimate of drug-likeness (QED) is 0.920. The number of rotatable bonds is 3. The number of nitrogens with zero attached hydrogens (tertiary/aromatic N) is 2. The molecule has 1 N–H and O–H groups in total. The van der Waals surface area contributed by atoms with Crippen LogP contribution in [0.2, 0.25) is 0 Å². The maximum Gasteiger partial charge on any atom is 0.0368 e. The molecule has 0 amide bonds. The molecule has 116 valence electrons. The molecule has 3 rings (SSSR count). The Bertz CT molecular complexity index is 450. The Balaban J connectivity index is 1.68. The number of nitrogens with one attached hydrogen (secondary N) is 1. The van der Waals surface area contributed by atoms with Crippen molar-refractivity contribution in [1.82, 2.24) is 5.32 Å². The van der Waals surface area contributed by atoms with Crippen LogP contribution < -0.4 is 15.1 Å². The maximum absolute atomic E-state index is 3.66. The summed E-state index contributed by atoms with van der Waals surface area (Å²) in [6.45, 7) is 10.3. The van der Waals surface area contributed by atoms with Crippen LogP contribution in [0.5, 0.6) is 0 Å². The summed E-state index contributed by atoms with van der Waals surface area (Å²) in [4.78, 5) is 5.06. The van der Waals surface area contributed by atoms with Gasteiger partial charge in [0.2, 0.25) is 0 Å². The lowest BCUT2D eigenvalue weighted by molar-refractivity contribution is 0.314. The lowest BCUT2D eigenvalue weighted by atomic mass is 9.95. The second-order valence-corrected chi connectivity index (χ2v) is 6.83. The molecule has 2 aliphatic rings. The van der Waals surface area contributed by atoms with Gasteiger partial charge >= 0.3 is 0 Å². The zero-order valence-electron chi connectivity index (χ0n) is 13.6. The normalized spacial score (nSPS) is 27.0. The Hall–Kier alpha value is -1.22. The number of piperidine rings is 1. The molecule has 0 aromatic heterocycles. The SMILES string of the molecule is CCC1(C)CN(c2ccc(N3CCCCC3)cc2)CCN1. The Kier molecular flexibility index (Phi) is 4.39. The van der Waals surface area contributed by atoms with Crippen LogP contribution in [-0.2, 0) is 0 Å². The molecule has 0 spiro atoms. The van der Waals surface area contributed by atoms with Gasteiger partial charge in [0.25, 0.3) is 0 Å². The first-order valence-electron chi connectivity index (χ1n) is 8.55. The van der Waals surface area contributed by atoms with Crippen LogP contribution in [0.15, 0.2) is 24.3 Å². The van der Waals surface area contributed by atoms with Crippen LogP contribution in [-0.4, -0.2) is 38.3 Å². The minimum atomic E-state index is 0.254. The number of hydrogen-bond acceptors (Lipinski definition) is 3. The van der Waals surface area contributed by atoms with E-state index in [9.17, 15) is 0 Å². The molecular weight excluding hydrogens is 258 g/mol. The van der Waals surface area contributed by atoms with Gasteiger partial charge in [-0.1, -0.05) is 6.92 Å². The summed E-state index contributed by atoms with van der Waals surface area (Å²) in [6.07, 6.45) is 5.25. The third-order valence-electron chi connectivity index (χ3n) is 5.19. The Labute approximate surface area is 129 Å². The van der Waals surface area contributed by atoms with Crippen LogP contribution in [0.4, 0.5) is 11.4 Å². The van der Waals surface area contributed by atoms with E-state index in [1.165, 1.54) is 50.1 Å². The minimum absolute atomic E-state index is 0.254. The molecule has 2 fully saturated rings. The monoisotopic (exact) mass is 287 g/mol. The first kappa shape index (κ1) is 14.7. The highest BCUT2D eigenvalue weighted by atomic mass is 15.2. The predicted octanol–water partition coefficient (Wildman–Crippen LogP) is 3.26. The Morgan fingerprint density at radius 1 is 0.952 bits per heavy atom. The highest BCUT2D eigenvalue weighted by molar-refractivity contribution is 5.57. The van der Waals surface area contributed by atoms with Crippen molar-refractivity contribution in [3.8, 4) is 0 Å². The molecule has 1 unspecified atom stereocenters. The predicted molar refractivity (Wildman–Crippen MR) is 91.4 cm³/mol. The summed E-state index contributed by atoms with van der Waals surface area (Å²) in [6, 6.07) is 9.24. The van der Waals surface area contributed by atoms with Crippen molar-refractivity contribution in [2.24, 2.45) is 0 Å². The van der Waals surface area contributed by atoms with Gasteiger partial charge in [-0.2, -0.15) is 0 Å². The number of hydrogen-bond donors (Lipinski definition) is 1. The van der Waals surface area contributed by atoms with E-state index in [4.69, 9.17) is 0 Å². The average Bonchev–Trinajstić information content (AvgIpc) is 2.56. The molecule has 1 atom stereocenters. The van der Waals surface area contributed by atoms with E-state index in [2.05, 4.69) is 53.2 Å². The zero-order valence-corrected chi connectivity index (χ0v) is 13.6. The fraction of sp³-hybridized carbons (Fsp3) is 0.667. The molecule has 0 saturated carbocycles. The molecule has 3 nitrogen and oxygen atoms in total. The van der Waals surface area contributed by atoms with Gasteiger partial charge in [0, 0.05) is 49.6 Å². The van der Waals surface area contributed by atoms with Gasteiger partial charge in [0.15, 0.2) is 0 Å². The lowest BCUT2D eigenvalue weighted by Crippen LogP contribution is -2.58. The highest BCUT2D eigenvalue weighted by Gasteiger charge is 2.28. The summed E-state index contributed by atoms with van der Waals surface area (Å²) < 4.78 is 0. The number of anilines is 2. The van der Waals surface area contributed by atoms with Crippen LogP contribution >= 0.6 is 0 Å². The Morgan fingerprint density at radius 2 is 1.57 bits per heavy atom. The summed E-state index contributed by atoms with van der Waals surface area (Å²) in [5, 5.41) is 3.66. The number of benzene rings is 1. The van der Waals surface area contributed by atoms with E-state index in [1.807, 2.05) is 0 Å². The summed E-state index contributed by atoms with van der Waals surface area (Å²) >= 11 is 0. The van der Waals surface area contributed by atoms with Crippen molar-refractivity contribution in [2.75, 3.05) is 42.5 Å². The van der Waals surface area contributed by atoms with Gasteiger partial charge in [-0.3, -0.25) is 0 Å². The van der Waals surface area contributed by atoms with E-state index in [0.717, 1.165) is 19.6 Å². The smallest absolute Gasteiger partial charge is 0.0368 e. The summed E-state index contributed by atoms with van der Waals surface area (Å²) in [5.74, 6) is 0. The first-order chi connectivity index (χ1) is 10.2. The van der Waals surface area contributed by atoms with Gasteiger partial charge in [-0.25, -0.2) is 0 Å². The summed E-state index contributed by atoms with van der Waals surface area (Å²) in [7, 11) is 0. The molecule has 1 aromatic carbocycles. The van der Waals surface area contributed by atoms with E-state index in [1.54, 1.807) is 0 Å². The highest BCUT2D eigenvalue weighted by Crippen LogP contribution is 2.26. The maximum atomic E-state index is 3.66. The van der Waals surface area contributed by atoms with Crippen molar-refractivity contribution < 1.29 is 0 Å². The second-order valence-electron chi connectivity index (χ2n) is 6.83.